The van der Waals surface area contributed by atoms with Crippen LogP contribution in [0, 0.1) is 20.8 Å². The predicted octanol–water partition coefficient (Wildman–Crippen LogP) is 4.50. The first-order chi connectivity index (χ1) is 14.3. The van der Waals surface area contributed by atoms with Crippen LogP contribution in [0.4, 0.5) is 5.69 Å². The molecule has 1 aromatic heterocycles. The first kappa shape index (κ1) is 22.4. The number of rotatable bonds is 7. The van der Waals surface area contributed by atoms with Crippen LogP contribution in [0.1, 0.15) is 55.1 Å². The van der Waals surface area contributed by atoms with Gasteiger partial charge in [0.15, 0.2) is 5.16 Å². The van der Waals surface area contributed by atoms with Crippen LogP contribution in [-0.4, -0.2) is 45.6 Å². The zero-order valence-electron chi connectivity index (χ0n) is 18.4. The van der Waals surface area contributed by atoms with Gasteiger partial charge in [-0.3, -0.25) is 9.59 Å². The fourth-order valence-electron chi connectivity index (χ4n) is 3.84. The second kappa shape index (κ2) is 10.2. The molecule has 0 unspecified atom stereocenters. The van der Waals surface area contributed by atoms with Crippen LogP contribution in [0.2, 0.25) is 0 Å². The van der Waals surface area contributed by atoms with Crippen LogP contribution in [0.3, 0.4) is 0 Å². The van der Waals surface area contributed by atoms with Crippen molar-refractivity contribution >= 4 is 29.3 Å². The van der Waals surface area contributed by atoms with Gasteiger partial charge in [-0.1, -0.05) is 48.7 Å². The molecule has 1 aliphatic rings. The Morgan fingerprint density at radius 1 is 1.13 bits per heavy atom. The quantitative estimate of drug-likeness (QED) is 0.659. The Labute approximate surface area is 183 Å². The molecule has 2 aromatic rings. The van der Waals surface area contributed by atoms with Gasteiger partial charge in [0.05, 0.1) is 18.0 Å². The smallest absolute Gasteiger partial charge is 0.243 e. The summed E-state index contributed by atoms with van der Waals surface area (Å²) in [5.41, 5.74) is 4.10. The molecule has 3 rings (SSSR count). The average Bonchev–Trinajstić information content (AvgIpc) is 3.02. The molecule has 1 aromatic carbocycles. The van der Waals surface area contributed by atoms with Crippen molar-refractivity contribution in [1.82, 2.24) is 14.5 Å². The number of thioether (sulfide) groups is 1. The number of imidazole rings is 1. The summed E-state index contributed by atoms with van der Waals surface area (Å²) in [6.45, 7) is 6.17. The maximum atomic E-state index is 12.6. The molecule has 1 fully saturated rings. The Kier molecular flexibility index (Phi) is 7.58. The molecule has 1 aliphatic carbocycles. The topological polar surface area (TPSA) is 67.2 Å². The molecule has 0 radical (unpaired) electrons. The summed E-state index contributed by atoms with van der Waals surface area (Å²) in [6, 6.07) is 8.09. The Bertz CT molecular complexity index is 885. The Balaban J connectivity index is 1.55. The van der Waals surface area contributed by atoms with E-state index in [2.05, 4.69) is 16.8 Å². The van der Waals surface area contributed by atoms with Gasteiger partial charge in [-0.05, 0) is 45.7 Å². The van der Waals surface area contributed by atoms with Crippen molar-refractivity contribution in [3.8, 4) is 0 Å². The second-order valence-corrected chi connectivity index (χ2v) is 9.12. The van der Waals surface area contributed by atoms with Crippen molar-refractivity contribution in [2.45, 2.75) is 64.1 Å². The summed E-state index contributed by atoms with van der Waals surface area (Å²) < 4.78 is 2.33. The Morgan fingerprint density at radius 3 is 2.47 bits per heavy atom. The highest BCUT2D eigenvalue weighted by molar-refractivity contribution is 7.99. The molecule has 0 aliphatic heterocycles. The molecule has 0 atom stereocenters. The van der Waals surface area contributed by atoms with Crippen LogP contribution in [0.25, 0.3) is 0 Å². The predicted molar refractivity (Wildman–Crippen MR) is 122 cm³/mol. The molecular formula is C23H32N4O2S. The van der Waals surface area contributed by atoms with Crippen molar-refractivity contribution in [3.05, 3.63) is 41.2 Å². The maximum Gasteiger partial charge on any atom is 0.243 e. The van der Waals surface area contributed by atoms with Crippen LogP contribution in [-0.2, 0) is 9.59 Å². The normalized spacial score (nSPS) is 14.5. The van der Waals surface area contributed by atoms with E-state index in [1.54, 1.807) is 7.05 Å². The van der Waals surface area contributed by atoms with E-state index in [0.29, 0.717) is 6.04 Å². The van der Waals surface area contributed by atoms with Gasteiger partial charge in [-0.2, -0.15) is 0 Å². The molecular weight excluding hydrogens is 396 g/mol. The van der Waals surface area contributed by atoms with Crippen molar-refractivity contribution in [3.63, 3.8) is 0 Å². The summed E-state index contributed by atoms with van der Waals surface area (Å²) in [5.74, 6) is -0.000593. The van der Waals surface area contributed by atoms with Crippen molar-refractivity contribution < 1.29 is 9.59 Å². The third kappa shape index (κ3) is 5.65. The van der Waals surface area contributed by atoms with Crippen LogP contribution in [0.15, 0.2) is 29.4 Å². The van der Waals surface area contributed by atoms with E-state index in [4.69, 9.17) is 4.98 Å². The summed E-state index contributed by atoms with van der Waals surface area (Å²) in [4.78, 5) is 31.1. The number of nitrogens with one attached hydrogen (secondary N) is 1. The molecule has 1 heterocycles. The molecule has 162 valence electrons. The zero-order chi connectivity index (χ0) is 21.7. The van der Waals surface area contributed by atoms with E-state index < -0.39 is 0 Å². The summed E-state index contributed by atoms with van der Waals surface area (Å²) >= 11 is 1.47. The summed E-state index contributed by atoms with van der Waals surface area (Å²) in [7, 11) is 1.67. The standard InChI is InChI=1S/C23H32N4O2S/c1-16-10-12-19(13-11-16)25-21(28)14-26(4)22(29)15-30-23-24-17(2)18(3)27(23)20-8-6-5-7-9-20/h10-13,20H,5-9,14-15H2,1-4H3,(H,25,28). The minimum Gasteiger partial charge on any atom is -0.336 e. The SMILES string of the molecule is Cc1ccc(NC(=O)CN(C)C(=O)CSc2nc(C)c(C)n2C2CCCCC2)cc1. The van der Waals surface area contributed by atoms with Gasteiger partial charge < -0.3 is 14.8 Å². The number of benzene rings is 1. The number of carbonyl (C=O) groups excluding carboxylic acids is 2. The largest absolute Gasteiger partial charge is 0.336 e. The third-order valence-electron chi connectivity index (χ3n) is 5.76. The Hall–Kier alpha value is -2.28. The van der Waals surface area contributed by atoms with E-state index in [9.17, 15) is 9.59 Å². The number of anilines is 1. The first-order valence-corrected chi connectivity index (χ1v) is 11.6. The highest BCUT2D eigenvalue weighted by atomic mass is 32.2. The lowest BCUT2D eigenvalue weighted by molar-refractivity contribution is -0.131. The van der Waals surface area contributed by atoms with E-state index in [1.807, 2.05) is 38.1 Å². The lowest BCUT2D eigenvalue weighted by atomic mass is 9.95. The number of aromatic nitrogens is 2. The fraction of sp³-hybridized carbons (Fsp3) is 0.522. The minimum atomic E-state index is -0.199. The highest BCUT2D eigenvalue weighted by Gasteiger charge is 2.23. The number of nitrogens with zero attached hydrogens (tertiary/aromatic N) is 3. The zero-order valence-corrected chi connectivity index (χ0v) is 19.2. The van der Waals surface area contributed by atoms with Gasteiger partial charge in [0.25, 0.3) is 0 Å². The fourth-order valence-corrected chi connectivity index (χ4v) is 4.94. The van der Waals surface area contributed by atoms with E-state index >= 15 is 0 Å². The molecule has 30 heavy (non-hydrogen) atoms. The van der Waals surface area contributed by atoms with Gasteiger partial charge in [-0.25, -0.2) is 4.98 Å². The number of aryl methyl sites for hydroxylation is 2. The van der Waals surface area contributed by atoms with Crippen molar-refractivity contribution in [1.29, 1.82) is 0 Å². The number of amides is 2. The van der Waals surface area contributed by atoms with Gasteiger partial charge in [0, 0.05) is 24.5 Å². The van der Waals surface area contributed by atoms with Crippen LogP contribution < -0.4 is 5.32 Å². The van der Waals surface area contributed by atoms with Gasteiger partial charge in [-0.15, -0.1) is 0 Å². The summed E-state index contributed by atoms with van der Waals surface area (Å²) in [6.07, 6.45) is 6.17. The summed E-state index contributed by atoms with van der Waals surface area (Å²) in [5, 5.41) is 3.75. The molecule has 1 saturated carbocycles. The molecule has 1 N–H and O–H groups in total. The maximum absolute atomic E-state index is 12.6. The number of hydrogen-bond donors (Lipinski definition) is 1. The first-order valence-electron chi connectivity index (χ1n) is 10.6. The minimum absolute atomic E-state index is 0.0301. The monoisotopic (exact) mass is 428 g/mol. The van der Waals surface area contributed by atoms with Crippen molar-refractivity contribution in [2.24, 2.45) is 0 Å². The number of likely N-dealkylation sites (N-methyl/N-ethyl adjacent to an activating group) is 1. The second-order valence-electron chi connectivity index (χ2n) is 8.18. The highest BCUT2D eigenvalue weighted by Crippen LogP contribution is 2.34. The Morgan fingerprint density at radius 2 is 1.80 bits per heavy atom. The van der Waals surface area contributed by atoms with Crippen LogP contribution >= 0.6 is 11.8 Å². The number of hydrogen-bond acceptors (Lipinski definition) is 4. The lowest BCUT2D eigenvalue weighted by Crippen LogP contribution is -2.36. The average molecular weight is 429 g/mol. The molecule has 7 heteroatoms. The molecule has 0 bridgehead atoms. The van der Waals surface area contributed by atoms with Crippen molar-refractivity contribution in [2.75, 3.05) is 24.7 Å². The van der Waals surface area contributed by atoms with Gasteiger partial charge in [0.1, 0.15) is 0 Å². The molecule has 0 saturated heterocycles. The molecule has 0 spiro atoms. The third-order valence-corrected chi connectivity index (χ3v) is 6.70. The lowest BCUT2D eigenvalue weighted by Gasteiger charge is -2.26. The van der Waals surface area contributed by atoms with E-state index in [0.717, 1.165) is 22.1 Å². The van der Waals surface area contributed by atoms with Crippen LogP contribution in [0.5, 0.6) is 0 Å². The van der Waals surface area contributed by atoms with E-state index in [-0.39, 0.29) is 24.1 Å². The molecule has 2 amide bonds. The van der Waals surface area contributed by atoms with E-state index in [1.165, 1.54) is 54.5 Å². The number of carbonyl (C=O) groups is 2. The van der Waals surface area contributed by atoms with Gasteiger partial charge >= 0.3 is 0 Å². The van der Waals surface area contributed by atoms with Gasteiger partial charge in [0.2, 0.25) is 11.8 Å². The molecule has 6 nitrogen and oxygen atoms in total.